The maximum Gasteiger partial charge on any atom is 0.193 e. The predicted molar refractivity (Wildman–Crippen MR) is 115 cm³/mol. The van der Waals surface area contributed by atoms with Gasteiger partial charge in [-0.25, -0.2) is 0 Å². The Bertz CT molecular complexity index is 718. The Kier molecular flexibility index (Phi) is 6.92. The second-order valence-corrected chi connectivity index (χ2v) is 6.00. The number of methoxy groups -OCH3 is 1. The average molecular weight is 452 g/mol. The lowest BCUT2D eigenvalue weighted by Gasteiger charge is -2.26. The number of rotatable bonds is 5. The Hall–Kier alpha value is -1.96. The molecule has 3 N–H and O–H groups in total. The van der Waals surface area contributed by atoms with Crippen LogP contribution in [0, 0.1) is 0 Å². The van der Waals surface area contributed by atoms with E-state index in [0.717, 1.165) is 24.4 Å². The van der Waals surface area contributed by atoms with Crippen molar-refractivity contribution in [2.75, 3.05) is 30.4 Å². The summed E-state index contributed by atoms with van der Waals surface area (Å²) in [5.41, 5.74) is 9.64. The van der Waals surface area contributed by atoms with Gasteiger partial charge in [0.1, 0.15) is 5.75 Å². The van der Waals surface area contributed by atoms with Gasteiger partial charge in [-0.2, -0.15) is 0 Å². The molecule has 6 heteroatoms. The number of para-hydroxylation sites is 1. The monoisotopic (exact) mass is 452 g/mol. The van der Waals surface area contributed by atoms with E-state index in [2.05, 4.69) is 46.4 Å². The normalized spacial score (nSPS) is 14.5. The van der Waals surface area contributed by atoms with Crippen molar-refractivity contribution in [2.24, 2.45) is 10.7 Å². The van der Waals surface area contributed by atoms with E-state index in [1.807, 2.05) is 24.3 Å². The summed E-state index contributed by atoms with van der Waals surface area (Å²) >= 11 is 0. The quantitative estimate of drug-likeness (QED) is 0.414. The predicted octanol–water partition coefficient (Wildman–Crippen LogP) is 3.49. The van der Waals surface area contributed by atoms with Gasteiger partial charge in [0.05, 0.1) is 13.7 Å². The maximum atomic E-state index is 6.01. The fourth-order valence-electron chi connectivity index (χ4n) is 3.01. The second-order valence-electron chi connectivity index (χ2n) is 6.00. The van der Waals surface area contributed by atoms with Crippen molar-refractivity contribution in [3.63, 3.8) is 0 Å². The Morgan fingerprint density at radius 1 is 1.24 bits per heavy atom. The summed E-state index contributed by atoms with van der Waals surface area (Å²) in [5.74, 6) is 1.25. The van der Waals surface area contributed by atoms with Crippen molar-refractivity contribution >= 4 is 41.3 Å². The highest BCUT2D eigenvalue weighted by molar-refractivity contribution is 14.0. The highest BCUT2D eigenvalue weighted by atomic mass is 127. The van der Waals surface area contributed by atoms with Crippen molar-refractivity contribution in [3.8, 4) is 5.75 Å². The van der Waals surface area contributed by atoms with Crippen LogP contribution in [0.1, 0.15) is 12.5 Å². The minimum Gasteiger partial charge on any atom is -0.497 e. The zero-order valence-corrected chi connectivity index (χ0v) is 16.9. The fraction of sp³-hybridized carbons (Fsp3) is 0.316. The van der Waals surface area contributed by atoms with E-state index in [-0.39, 0.29) is 24.0 Å². The molecule has 1 aliphatic rings. The number of halogens is 1. The summed E-state index contributed by atoms with van der Waals surface area (Å²) < 4.78 is 5.14. The highest BCUT2D eigenvalue weighted by Crippen LogP contribution is 2.29. The van der Waals surface area contributed by atoms with Crippen LogP contribution in [0.3, 0.4) is 0 Å². The molecule has 0 fully saturated rings. The molecule has 1 heterocycles. The molecule has 0 radical (unpaired) electrons. The molecule has 2 aromatic rings. The molecule has 2 aromatic carbocycles. The van der Waals surface area contributed by atoms with Gasteiger partial charge in [-0.05, 0) is 49.2 Å². The van der Waals surface area contributed by atoms with E-state index in [1.165, 1.54) is 11.3 Å². The minimum atomic E-state index is 0. The molecule has 0 amide bonds. The van der Waals surface area contributed by atoms with Crippen molar-refractivity contribution in [1.82, 2.24) is 0 Å². The van der Waals surface area contributed by atoms with E-state index >= 15 is 0 Å². The number of ether oxygens (including phenoxy) is 1. The summed E-state index contributed by atoms with van der Waals surface area (Å²) in [5, 5.41) is 3.11. The number of guanidine groups is 1. The summed E-state index contributed by atoms with van der Waals surface area (Å²) in [6.45, 7) is 3.89. The van der Waals surface area contributed by atoms with Crippen molar-refractivity contribution in [3.05, 3.63) is 54.1 Å². The van der Waals surface area contributed by atoms with Crippen LogP contribution < -0.4 is 20.7 Å². The molecule has 0 aliphatic carbocycles. The number of anilines is 2. The average Bonchev–Trinajstić information content (AvgIpc) is 3.04. The van der Waals surface area contributed by atoms with E-state index in [0.29, 0.717) is 18.5 Å². The second kappa shape index (κ2) is 8.94. The summed E-state index contributed by atoms with van der Waals surface area (Å²) in [6, 6.07) is 16.5. The Morgan fingerprint density at radius 2 is 1.96 bits per heavy atom. The van der Waals surface area contributed by atoms with Crippen molar-refractivity contribution < 1.29 is 4.74 Å². The molecule has 1 aliphatic heterocycles. The van der Waals surface area contributed by atoms with Crippen LogP contribution in [-0.2, 0) is 6.42 Å². The lowest BCUT2D eigenvalue weighted by molar-refractivity contribution is 0.415. The molecule has 1 unspecified atom stereocenters. The van der Waals surface area contributed by atoms with Gasteiger partial charge in [0.2, 0.25) is 0 Å². The Morgan fingerprint density at radius 3 is 2.68 bits per heavy atom. The van der Waals surface area contributed by atoms with Gasteiger partial charge in [0.15, 0.2) is 5.96 Å². The van der Waals surface area contributed by atoms with Crippen LogP contribution in [-0.4, -0.2) is 32.2 Å². The SMILES string of the molecule is COc1ccc(NC(N)=NCC(C)N2CCc3ccccc32)cc1.I. The first-order chi connectivity index (χ1) is 11.7. The molecular weight excluding hydrogens is 427 g/mol. The number of aliphatic imine (C=N–C) groups is 1. The summed E-state index contributed by atoms with van der Waals surface area (Å²) in [6.07, 6.45) is 1.10. The number of hydrogen-bond acceptors (Lipinski definition) is 3. The number of nitrogens with zero attached hydrogens (tertiary/aromatic N) is 2. The first-order valence-electron chi connectivity index (χ1n) is 8.23. The van der Waals surface area contributed by atoms with Gasteiger partial charge < -0.3 is 20.7 Å². The Labute approximate surface area is 166 Å². The molecule has 0 aromatic heterocycles. The number of benzene rings is 2. The molecule has 3 rings (SSSR count). The van der Waals surface area contributed by atoms with E-state index in [4.69, 9.17) is 10.5 Å². The van der Waals surface area contributed by atoms with E-state index < -0.39 is 0 Å². The van der Waals surface area contributed by atoms with Crippen LogP contribution in [0.4, 0.5) is 11.4 Å². The van der Waals surface area contributed by atoms with Crippen molar-refractivity contribution in [1.29, 1.82) is 0 Å². The molecule has 25 heavy (non-hydrogen) atoms. The first kappa shape index (κ1) is 19.4. The Balaban J connectivity index is 0.00000225. The third kappa shape index (κ3) is 4.78. The van der Waals surface area contributed by atoms with Gasteiger partial charge >= 0.3 is 0 Å². The molecule has 0 spiro atoms. The van der Waals surface area contributed by atoms with Gasteiger partial charge in [0.25, 0.3) is 0 Å². The lowest BCUT2D eigenvalue weighted by atomic mass is 10.2. The zero-order chi connectivity index (χ0) is 16.9. The molecule has 0 saturated heterocycles. The topological polar surface area (TPSA) is 62.9 Å². The smallest absolute Gasteiger partial charge is 0.193 e. The number of nitrogens with one attached hydrogen (secondary N) is 1. The van der Waals surface area contributed by atoms with Gasteiger partial charge in [-0.15, -0.1) is 24.0 Å². The maximum absolute atomic E-state index is 6.01. The summed E-state index contributed by atoms with van der Waals surface area (Å²) in [4.78, 5) is 6.89. The fourth-order valence-corrected chi connectivity index (χ4v) is 3.01. The number of fused-ring (bicyclic) bond motifs is 1. The van der Waals surface area contributed by atoms with E-state index in [1.54, 1.807) is 7.11 Å². The third-order valence-electron chi connectivity index (χ3n) is 4.34. The molecule has 1 atom stereocenters. The van der Waals surface area contributed by atoms with Crippen LogP contribution >= 0.6 is 24.0 Å². The largest absolute Gasteiger partial charge is 0.497 e. The standard InChI is InChI=1S/C19H24N4O.HI/c1-14(23-12-11-15-5-3-4-6-18(15)23)13-21-19(20)22-16-7-9-17(24-2)10-8-16;/h3-10,14H,11-13H2,1-2H3,(H3,20,21,22);1H. The summed E-state index contributed by atoms with van der Waals surface area (Å²) in [7, 11) is 1.65. The van der Waals surface area contributed by atoms with Crippen LogP contribution in [0.25, 0.3) is 0 Å². The van der Waals surface area contributed by atoms with Crippen LogP contribution in [0.5, 0.6) is 5.75 Å². The number of hydrogen-bond donors (Lipinski definition) is 2. The van der Waals surface area contributed by atoms with Crippen molar-refractivity contribution in [2.45, 2.75) is 19.4 Å². The number of nitrogens with two attached hydrogens (primary N) is 1. The molecule has 0 saturated carbocycles. The van der Waals surface area contributed by atoms with Crippen LogP contribution in [0.2, 0.25) is 0 Å². The molecule has 5 nitrogen and oxygen atoms in total. The zero-order valence-electron chi connectivity index (χ0n) is 14.6. The molecule has 134 valence electrons. The van der Waals surface area contributed by atoms with Gasteiger partial charge in [-0.3, -0.25) is 4.99 Å². The van der Waals surface area contributed by atoms with Crippen LogP contribution in [0.15, 0.2) is 53.5 Å². The van der Waals surface area contributed by atoms with Gasteiger partial charge in [0, 0.05) is 24.0 Å². The molecule has 0 bridgehead atoms. The molecular formula is C19H25IN4O. The lowest BCUT2D eigenvalue weighted by Crippen LogP contribution is -2.35. The van der Waals surface area contributed by atoms with Gasteiger partial charge in [-0.1, -0.05) is 18.2 Å². The third-order valence-corrected chi connectivity index (χ3v) is 4.34. The van der Waals surface area contributed by atoms with E-state index in [9.17, 15) is 0 Å². The first-order valence-corrected chi connectivity index (χ1v) is 8.23. The highest BCUT2D eigenvalue weighted by Gasteiger charge is 2.22. The minimum absolute atomic E-state index is 0.